The Balaban J connectivity index is 2.26. The molecule has 0 spiro atoms. The first kappa shape index (κ1) is 11.1. The largest absolute Gasteiger partial charge is 0.508 e. The van der Waals surface area contributed by atoms with Gasteiger partial charge in [-0.2, -0.15) is 0 Å². The minimum absolute atomic E-state index is 0.280. The minimum atomic E-state index is 0.280. The van der Waals surface area contributed by atoms with Gasteiger partial charge in [0.15, 0.2) is 0 Å². The van der Waals surface area contributed by atoms with Gasteiger partial charge in [0.1, 0.15) is 5.75 Å². The molecule has 1 nitrogen and oxygen atoms in total. The second-order valence-corrected chi connectivity index (χ2v) is 4.65. The molecule has 0 aliphatic carbocycles. The zero-order valence-electron chi connectivity index (χ0n) is 9.60. The van der Waals surface area contributed by atoms with E-state index < -0.39 is 0 Å². The Morgan fingerprint density at radius 3 is 2.39 bits per heavy atom. The Bertz CT molecular complexity index is 702. The molecule has 0 aromatic heterocycles. The average molecular weight is 255 g/mol. The lowest BCUT2D eigenvalue weighted by molar-refractivity contribution is 0.475. The third-order valence-corrected chi connectivity index (χ3v) is 3.26. The standard InChI is InChI=1S/C16H11ClO/c17-13-6-9-16-12(10-13)2-1-3-15(16)11-4-7-14(18)8-5-11/h1-10,18H. The molecule has 88 valence electrons. The molecule has 0 aliphatic rings. The van der Waals surface area contributed by atoms with E-state index >= 15 is 0 Å². The molecular formula is C16H11ClO. The summed E-state index contributed by atoms with van der Waals surface area (Å²) in [5, 5.41) is 12.4. The monoisotopic (exact) mass is 254 g/mol. The van der Waals surface area contributed by atoms with Crippen molar-refractivity contribution in [3.05, 3.63) is 65.7 Å². The van der Waals surface area contributed by atoms with Gasteiger partial charge in [-0.05, 0) is 46.2 Å². The van der Waals surface area contributed by atoms with Gasteiger partial charge in [0.25, 0.3) is 0 Å². The van der Waals surface area contributed by atoms with E-state index in [9.17, 15) is 5.11 Å². The molecule has 0 unspecified atom stereocenters. The van der Waals surface area contributed by atoms with E-state index in [0.29, 0.717) is 0 Å². The number of halogens is 1. The minimum Gasteiger partial charge on any atom is -0.508 e. The molecule has 0 saturated heterocycles. The second kappa shape index (κ2) is 4.35. The second-order valence-electron chi connectivity index (χ2n) is 4.22. The van der Waals surface area contributed by atoms with Gasteiger partial charge in [-0.15, -0.1) is 0 Å². The van der Waals surface area contributed by atoms with Crippen molar-refractivity contribution in [1.82, 2.24) is 0 Å². The SMILES string of the molecule is Oc1ccc(-c2cccc3cc(Cl)ccc23)cc1. The molecule has 0 fully saturated rings. The number of aromatic hydroxyl groups is 1. The molecule has 1 N–H and O–H groups in total. The topological polar surface area (TPSA) is 20.2 Å². The highest BCUT2D eigenvalue weighted by Gasteiger charge is 2.04. The van der Waals surface area contributed by atoms with E-state index in [-0.39, 0.29) is 5.75 Å². The Morgan fingerprint density at radius 2 is 1.61 bits per heavy atom. The fourth-order valence-electron chi connectivity index (χ4n) is 2.15. The van der Waals surface area contributed by atoms with E-state index in [4.69, 9.17) is 11.6 Å². The highest BCUT2D eigenvalue weighted by molar-refractivity contribution is 6.31. The summed E-state index contributed by atoms with van der Waals surface area (Å²) in [6, 6.07) is 19.2. The molecule has 0 bridgehead atoms. The van der Waals surface area contributed by atoms with Crippen LogP contribution in [0.1, 0.15) is 0 Å². The van der Waals surface area contributed by atoms with Crippen molar-refractivity contribution >= 4 is 22.4 Å². The number of phenolic OH excluding ortho intramolecular Hbond substituents is 1. The quantitative estimate of drug-likeness (QED) is 0.657. The van der Waals surface area contributed by atoms with E-state index in [1.54, 1.807) is 12.1 Å². The van der Waals surface area contributed by atoms with E-state index in [1.165, 1.54) is 0 Å². The lowest BCUT2D eigenvalue weighted by atomic mass is 9.98. The first-order chi connectivity index (χ1) is 8.74. The Kier molecular flexibility index (Phi) is 2.69. The lowest BCUT2D eigenvalue weighted by Gasteiger charge is -2.07. The van der Waals surface area contributed by atoms with Crippen molar-refractivity contribution < 1.29 is 5.11 Å². The highest BCUT2D eigenvalue weighted by atomic mass is 35.5. The number of hydrogen-bond donors (Lipinski definition) is 1. The normalized spacial score (nSPS) is 10.7. The number of fused-ring (bicyclic) bond motifs is 1. The maximum atomic E-state index is 9.34. The van der Waals surface area contributed by atoms with E-state index in [2.05, 4.69) is 6.07 Å². The number of phenols is 1. The first-order valence-electron chi connectivity index (χ1n) is 5.72. The summed E-state index contributed by atoms with van der Waals surface area (Å²) in [4.78, 5) is 0. The maximum absolute atomic E-state index is 9.34. The third-order valence-electron chi connectivity index (χ3n) is 3.02. The fraction of sp³-hybridized carbons (Fsp3) is 0. The molecule has 0 amide bonds. The lowest BCUT2D eigenvalue weighted by Crippen LogP contribution is -1.81. The molecule has 0 heterocycles. The van der Waals surface area contributed by atoms with Gasteiger partial charge in [0.05, 0.1) is 0 Å². The average Bonchev–Trinajstić information content (AvgIpc) is 2.38. The summed E-state index contributed by atoms with van der Waals surface area (Å²) in [6.07, 6.45) is 0. The Hall–Kier alpha value is -1.99. The van der Waals surface area contributed by atoms with Crippen molar-refractivity contribution in [2.45, 2.75) is 0 Å². The van der Waals surface area contributed by atoms with Gasteiger partial charge in [-0.3, -0.25) is 0 Å². The first-order valence-corrected chi connectivity index (χ1v) is 6.09. The summed E-state index contributed by atoms with van der Waals surface area (Å²) in [5.74, 6) is 0.280. The molecule has 0 saturated carbocycles. The van der Waals surface area contributed by atoms with Crippen LogP contribution in [-0.4, -0.2) is 5.11 Å². The van der Waals surface area contributed by atoms with Crippen molar-refractivity contribution in [2.75, 3.05) is 0 Å². The van der Waals surface area contributed by atoms with Crippen LogP contribution in [0, 0.1) is 0 Å². The van der Waals surface area contributed by atoms with Crippen molar-refractivity contribution in [2.24, 2.45) is 0 Å². The van der Waals surface area contributed by atoms with Crippen LogP contribution < -0.4 is 0 Å². The molecular weight excluding hydrogens is 244 g/mol. The van der Waals surface area contributed by atoms with Crippen molar-refractivity contribution in [3.8, 4) is 16.9 Å². The number of rotatable bonds is 1. The van der Waals surface area contributed by atoms with Crippen LogP contribution >= 0.6 is 11.6 Å². The summed E-state index contributed by atoms with van der Waals surface area (Å²) >= 11 is 6.00. The highest BCUT2D eigenvalue weighted by Crippen LogP contribution is 2.30. The molecule has 2 heteroatoms. The summed E-state index contributed by atoms with van der Waals surface area (Å²) in [6.45, 7) is 0. The molecule has 0 atom stereocenters. The van der Waals surface area contributed by atoms with E-state index in [0.717, 1.165) is 26.9 Å². The fourth-order valence-corrected chi connectivity index (χ4v) is 2.33. The molecule has 0 aliphatic heterocycles. The van der Waals surface area contributed by atoms with Gasteiger partial charge >= 0.3 is 0 Å². The number of hydrogen-bond acceptors (Lipinski definition) is 1. The molecule has 3 rings (SSSR count). The molecule has 3 aromatic rings. The number of benzene rings is 3. The van der Waals surface area contributed by atoms with Crippen LogP contribution in [0.4, 0.5) is 0 Å². The zero-order valence-corrected chi connectivity index (χ0v) is 10.4. The van der Waals surface area contributed by atoms with Crippen LogP contribution in [0.5, 0.6) is 5.75 Å². The summed E-state index contributed by atoms with van der Waals surface area (Å²) in [7, 11) is 0. The van der Waals surface area contributed by atoms with Gasteiger partial charge < -0.3 is 5.11 Å². The molecule has 18 heavy (non-hydrogen) atoms. The smallest absolute Gasteiger partial charge is 0.115 e. The molecule has 3 aromatic carbocycles. The van der Waals surface area contributed by atoms with Gasteiger partial charge in [0.2, 0.25) is 0 Å². The zero-order chi connectivity index (χ0) is 12.5. The Labute approximate surface area is 110 Å². The van der Waals surface area contributed by atoms with Gasteiger partial charge in [0, 0.05) is 5.02 Å². The van der Waals surface area contributed by atoms with Crippen molar-refractivity contribution in [3.63, 3.8) is 0 Å². The predicted octanol–water partition coefficient (Wildman–Crippen LogP) is 4.87. The van der Waals surface area contributed by atoms with Crippen LogP contribution in [0.25, 0.3) is 21.9 Å². The van der Waals surface area contributed by atoms with Crippen LogP contribution in [0.15, 0.2) is 60.7 Å². The predicted molar refractivity (Wildman–Crippen MR) is 76.1 cm³/mol. The van der Waals surface area contributed by atoms with Gasteiger partial charge in [-0.1, -0.05) is 48.0 Å². The van der Waals surface area contributed by atoms with Gasteiger partial charge in [-0.25, -0.2) is 0 Å². The molecule has 0 radical (unpaired) electrons. The van der Waals surface area contributed by atoms with Crippen LogP contribution in [0.3, 0.4) is 0 Å². The van der Waals surface area contributed by atoms with Crippen molar-refractivity contribution in [1.29, 1.82) is 0 Å². The Morgan fingerprint density at radius 1 is 0.833 bits per heavy atom. The van der Waals surface area contributed by atoms with Crippen LogP contribution in [-0.2, 0) is 0 Å². The maximum Gasteiger partial charge on any atom is 0.115 e. The summed E-state index contributed by atoms with van der Waals surface area (Å²) in [5.41, 5.74) is 2.23. The van der Waals surface area contributed by atoms with E-state index in [1.807, 2.05) is 42.5 Å². The summed E-state index contributed by atoms with van der Waals surface area (Å²) < 4.78 is 0. The third kappa shape index (κ3) is 1.93. The van der Waals surface area contributed by atoms with Crippen LogP contribution in [0.2, 0.25) is 5.02 Å².